The van der Waals surface area contributed by atoms with Gasteiger partial charge in [-0.25, -0.2) is 0 Å². The molecule has 1 unspecified atom stereocenters. The number of benzene rings is 3. The topological polar surface area (TPSA) is 76.5 Å². The summed E-state index contributed by atoms with van der Waals surface area (Å²) in [7, 11) is 1.62. The summed E-state index contributed by atoms with van der Waals surface area (Å²) < 4.78 is 6.92. The third-order valence-electron chi connectivity index (χ3n) is 6.90. The van der Waals surface area contributed by atoms with Crippen molar-refractivity contribution in [1.29, 1.82) is 0 Å². The molecule has 1 aromatic heterocycles. The number of hydrogen-bond acceptors (Lipinski definition) is 4. The predicted octanol–water partition coefficient (Wildman–Crippen LogP) is 4.86. The van der Waals surface area contributed by atoms with E-state index in [2.05, 4.69) is 12.2 Å². The first kappa shape index (κ1) is 24.3. The van der Waals surface area contributed by atoms with Gasteiger partial charge in [0.25, 0.3) is 5.91 Å². The lowest BCUT2D eigenvalue weighted by molar-refractivity contribution is -0.126. The van der Waals surface area contributed by atoms with Crippen molar-refractivity contribution in [1.82, 2.24) is 15.1 Å². The van der Waals surface area contributed by atoms with E-state index in [1.807, 2.05) is 85.8 Å². The lowest BCUT2D eigenvalue weighted by atomic mass is 9.93. The van der Waals surface area contributed by atoms with Crippen LogP contribution in [-0.2, 0) is 24.3 Å². The number of aryl methyl sites for hydroxylation is 1. The van der Waals surface area contributed by atoms with Gasteiger partial charge < -0.3 is 10.1 Å². The highest BCUT2D eigenvalue weighted by atomic mass is 16.5. The van der Waals surface area contributed by atoms with Crippen molar-refractivity contribution in [2.24, 2.45) is 0 Å². The zero-order chi connectivity index (χ0) is 26.0. The van der Waals surface area contributed by atoms with Gasteiger partial charge in [-0.1, -0.05) is 49.4 Å². The number of aromatic nitrogens is 2. The van der Waals surface area contributed by atoms with E-state index in [-0.39, 0.29) is 18.4 Å². The quantitative estimate of drug-likeness (QED) is 0.398. The number of carbonyl (C=O) groups is 2. The Labute approximate surface area is 216 Å². The van der Waals surface area contributed by atoms with Gasteiger partial charge >= 0.3 is 0 Å². The number of fused-ring (bicyclic) bond motifs is 1. The molecule has 1 atom stereocenters. The first-order valence-corrected chi connectivity index (χ1v) is 12.4. The molecule has 0 spiro atoms. The average Bonchev–Trinajstić information content (AvgIpc) is 3.36. The third-order valence-corrected chi connectivity index (χ3v) is 6.90. The van der Waals surface area contributed by atoms with E-state index in [1.54, 1.807) is 22.8 Å². The van der Waals surface area contributed by atoms with Gasteiger partial charge in [-0.2, -0.15) is 5.10 Å². The van der Waals surface area contributed by atoms with E-state index in [9.17, 15) is 9.59 Å². The summed E-state index contributed by atoms with van der Waals surface area (Å²) in [5.41, 5.74) is 3.57. The summed E-state index contributed by atoms with van der Waals surface area (Å²) >= 11 is 0. The number of nitrogens with one attached hydrogen (secondary N) is 1. The number of hydrogen-bond donors (Lipinski definition) is 1. The molecule has 1 N–H and O–H groups in total. The number of methoxy groups -OCH3 is 1. The number of ether oxygens (including phenoxy) is 1. The average molecular weight is 495 g/mol. The number of amides is 2. The van der Waals surface area contributed by atoms with Crippen molar-refractivity contribution >= 4 is 17.5 Å². The Morgan fingerprint density at radius 3 is 2.43 bits per heavy atom. The number of rotatable bonds is 7. The summed E-state index contributed by atoms with van der Waals surface area (Å²) in [4.78, 5) is 29.4. The molecule has 5 rings (SSSR count). The lowest BCUT2D eigenvalue weighted by Crippen LogP contribution is -2.64. The molecule has 2 heterocycles. The van der Waals surface area contributed by atoms with E-state index < -0.39 is 5.54 Å². The zero-order valence-corrected chi connectivity index (χ0v) is 21.3. The molecule has 0 saturated heterocycles. The van der Waals surface area contributed by atoms with Crippen LogP contribution >= 0.6 is 0 Å². The first-order valence-electron chi connectivity index (χ1n) is 12.4. The van der Waals surface area contributed by atoms with E-state index in [0.29, 0.717) is 23.6 Å². The van der Waals surface area contributed by atoms with Gasteiger partial charge in [-0.05, 0) is 66.9 Å². The Balaban J connectivity index is 1.54. The monoisotopic (exact) mass is 494 g/mol. The van der Waals surface area contributed by atoms with Crippen LogP contribution in [0.4, 0.5) is 5.69 Å². The predicted molar refractivity (Wildman–Crippen MR) is 144 cm³/mol. The molecule has 2 amide bonds. The Bertz CT molecular complexity index is 1430. The maximum absolute atomic E-state index is 14.0. The summed E-state index contributed by atoms with van der Waals surface area (Å²) in [6.45, 7) is 4.47. The summed E-state index contributed by atoms with van der Waals surface area (Å²) in [6.07, 6.45) is 0.826. The number of nitrogens with zero attached hydrogens (tertiary/aromatic N) is 3. The molecule has 1 aliphatic heterocycles. The van der Waals surface area contributed by atoms with Gasteiger partial charge in [0.15, 0.2) is 0 Å². The van der Waals surface area contributed by atoms with E-state index in [0.717, 1.165) is 28.9 Å². The second-order valence-corrected chi connectivity index (χ2v) is 9.41. The minimum absolute atomic E-state index is 0.223. The Morgan fingerprint density at radius 1 is 1.00 bits per heavy atom. The van der Waals surface area contributed by atoms with Crippen LogP contribution in [0.25, 0.3) is 11.3 Å². The Hall–Kier alpha value is -4.39. The summed E-state index contributed by atoms with van der Waals surface area (Å²) in [6, 6.07) is 26.9. The minimum Gasteiger partial charge on any atom is -0.497 e. The third kappa shape index (κ3) is 4.60. The second-order valence-electron chi connectivity index (χ2n) is 9.41. The van der Waals surface area contributed by atoms with E-state index in [4.69, 9.17) is 9.84 Å². The SMILES string of the molecule is CCc1cccc(N2C(=O)c3cc(-c4ccc(OC)cc4)nn3CC2(C)C(=O)NCc2ccccc2)c1. The van der Waals surface area contributed by atoms with Crippen LogP contribution in [0.15, 0.2) is 84.9 Å². The summed E-state index contributed by atoms with van der Waals surface area (Å²) in [5.74, 6) is 0.247. The minimum atomic E-state index is -1.19. The van der Waals surface area contributed by atoms with E-state index in [1.165, 1.54) is 0 Å². The zero-order valence-electron chi connectivity index (χ0n) is 21.3. The molecule has 4 aromatic rings. The van der Waals surface area contributed by atoms with Crippen LogP contribution in [0, 0.1) is 0 Å². The van der Waals surface area contributed by atoms with Crippen molar-refractivity contribution in [3.63, 3.8) is 0 Å². The molecule has 1 aliphatic rings. The van der Waals surface area contributed by atoms with Gasteiger partial charge in [-0.3, -0.25) is 19.2 Å². The molecule has 188 valence electrons. The number of carbonyl (C=O) groups excluding carboxylic acids is 2. The van der Waals surface area contributed by atoms with Crippen LogP contribution in [0.2, 0.25) is 0 Å². The van der Waals surface area contributed by atoms with Gasteiger partial charge in [0.2, 0.25) is 5.91 Å². The van der Waals surface area contributed by atoms with Gasteiger partial charge in [0, 0.05) is 17.8 Å². The molecule has 3 aromatic carbocycles. The fourth-order valence-corrected chi connectivity index (χ4v) is 4.77. The highest BCUT2D eigenvalue weighted by Gasteiger charge is 2.48. The highest BCUT2D eigenvalue weighted by molar-refractivity contribution is 6.12. The second kappa shape index (κ2) is 9.93. The molecule has 7 heteroatoms. The first-order chi connectivity index (χ1) is 17.9. The molecular formula is C30H30N4O3. The number of anilines is 1. The lowest BCUT2D eigenvalue weighted by Gasteiger charge is -2.43. The molecule has 0 radical (unpaired) electrons. The van der Waals surface area contributed by atoms with Gasteiger partial charge in [0.05, 0.1) is 19.3 Å². The Morgan fingerprint density at radius 2 is 1.73 bits per heavy atom. The molecular weight excluding hydrogens is 464 g/mol. The maximum atomic E-state index is 14.0. The van der Waals surface area contributed by atoms with Crippen LogP contribution in [0.5, 0.6) is 5.75 Å². The standard InChI is InChI=1S/C30H30N4O3/c1-4-21-11-8-12-24(17-21)34-28(35)27-18-26(23-13-15-25(37-3)16-14-23)32-33(27)20-30(34,2)29(36)31-19-22-9-6-5-7-10-22/h5-18H,4,19-20H2,1-3H3,(H,31,36). The molecule has 0 bridgehead atoms. The fraction of sp³-hybridized carbons (Fsp3) is 0.233. The maximum Gasteiger partial charge on any atom is 0.277 e. The highest BCUT2D eigenvalue weighted by Crippen LogP contribution is 2.35. The van der Waals surface area contributed by atoms with E-state index >= 15 is 0 Å². The normalized spacial score (nSPS) is 16.8. The Kier molecular flexibility index (Phi) is 6.53. The van der Waals surface area contributed by atoms with Crippen LogP contribution in [0.1, 0.15) is 35.5 Å². The van der Waals surface area contributed by atoms with Crippen LogP contribution in [0.3, 0.4) is 0 Å². The van der Waals surface area contributed by atoms with Gasteiger partial charge in [0.1, 0.15) is 17.0 Å². The van der Waals surface area contributed by atoms with Gasteiger partial charge in [-0.15, -0.1) is 0 Å². The molecule has 37 heavy (non-hydrogen) atoms. The molecule has 7 nitrogen and oxygen atoms in total. The smallest absolute Gasteiger partial charge is 0.277 e. The van der Waals surface area contributed by atoms with Crippen molar-refractivity contribution in [3.05, 3.63) is 102 Å². The molecule has 0 fully saturated rings. The summed E-state index contributed by atoms with van der Waals surface area (Å²) in [5, 5.41) is 7.79. The van der Waals surface area contributed by atoms with Crippen molar-refractivity contribution < 1.29 is 14.3 Å². The van der Waals surface area contributed by atoms with Crippen molar-refractivity contribution in [3.8, 4) is 17.0 Å². The van der Waals surface area contributed by atoms with Crippen molar-refractivity contribution in [2.45, 2.75) is 38.9 Å². The molecule has 0 saturated carbocycles. The van der Waals surface area contributed by atoms with Crippen LogP contribution < -0.4 is 15.0 Å². The largest absolute Gasteiger partial charge is 0.497 e. The fourth-order valence-electron chi connectivity index (χ4n) is 4.77. The van der Waals surface area contributed by atoms with Crippen molar-refractivity contribution in [2.75, 3.05) is 12.0 Å². The molecule has 0 aliphatic carbocycles. The van der Waals surface area contributed by atoms with Crippen LogP contribution in [-0.4, -0.2) is 34.2 Å².